The Kier molecular flexibility index (Phi) is 10.8. The van der Waals surface area contributed by atoms with Gasteiger partial charge in [0.05, 0.1) is 33.4 Å². The second kappa shape index (κ2) is 13.6. The number of hydrogen-bond donors (Lipinski definition) is 2. The van der Waals surface area contributed by atoms with Crippen LogP contribution in [-0.2, 0) is 6.54 Å². The molecule has 6 nitrogen and oxygen atoms in total. The zero-order valence-corrected chi connectivity index (χ0v) is 22.7. The number of rotatable bonds is 11. The van der Waals surface area contributed by atoms with E-state index in [1.807, 2.05) is 18.2 Å². The highest BCUT2D eigenvalue weighted by molar-refractivity contribution is 6.42. The van der Waals surface area contributed by atoms with E-state index in [0.717, 1.165) is 58.5 Å². The van der Waals surface area contributed by atoms with Crippen LogP contribution >= 0.6 is 34.8 Å². The van der Waals surface area contributed by atoms with Crippen LogP contribution in [0.5, 0.6) is 5.75 Å². The topological polar surface area (TPSA) is 70.8 Å². The summed E-state index contributed by atoms with van der Waals surface area (Å²) in [5, 5.41) is 4.59. The fraction of sp³-hybridized carbons (Fsp3) is 0.500. The average Bonchev–Trinajstić information content (AvgIpc) is 2.86. The molecule has 0 aromatic heterocycles. The first-order valence-electron chi connectivity index (χ1n) is 12.1. The van der Waals surface area contributed by atoms with Crippen molar-refractivity contribution in [3.8, 4) is 5.75 Å². The molecule has 0 atom stereocenters. The van der Waals surface area contributed by atoms with Crippen molar-refractivity contribution in [2.24, 2.45) is 5.92 Å². The summed E-state index contributed by atoms with van der Waals surface area (Å²) < 4.78 is 5.29. The fourth-order valence-corrected chi connectivity index (χ4v) is 4.91. The minimum Gasteiger partial charge on any atom is -0.496 e. The van der Waals surface area contributed by atoms with Crippen LogP contribution in [0.1, 0.15) is 42.1 Å². The van der Waals surface area contributed by atoms with Gasteiger partial charge in [-0.3, -0.25) is 9.69 Å². The number of ether oxygens (including phenoxy) is 1. The van der Waals surface area contributed by atoms with E-state index in [4.69, 9.17) is 45.3 Å². The number of likely N-dealkylation sites (tertiary alicyclic amines) is 1. The van der Waals surface area contributed by atoms with Gasteiger partial charge >= 0.3 is 0 Å². The van der Waals surface area contributed by atoms with Crippen LogP contribution < -0.4 is 15.8 Å². The monoisotopic (exact) mass is 540 g/mol. The highest BCUT2D eigenvalue weighted by Gasteiger charge is 2.21. The number of nitrogens with zero attached hydrogens (tertiary/aromatic N) is 2. The highest BCUT2D eigenvalue weighted by atomic mass is 35.5. The third-order valence-electron chi connectivity index (χ3n) is 6.61. The number of anilines is 1. The first-order chi connectivity index (χ1) is 16.8. The average molecular weight is 542 g/mol. The molecule has 2 aromatic rings. The zero-order chi connectivity index (χ0) is 25.4. The lowest BCUT2D eigenvalue weighted by molar-refractivity contribution is 0.0932. The normalized spacial score (nSPS) is 14.9. The molecule has 3 rings (SSSR count). The number of nitrogens with two attached hydrogens (primary N) is 1. The lowest BCUT2D eigenvalue weighted by Gasteiger charge is -2.32. The zero-order valence-electron chi connectivity index (χ0n) is 20.5. The molecule has 1 fully saturated rings. The maximum atomic E-state index is 12.7. The van der Waals surface area contributed by atoms with E-state index in [2.05, 4.69) is 22.0 Å². The van der Waals surface area contributed by atoms with Crippen LogP contribution in [0.15, 0.2) is 30.3 Å². The Labute approximate surface area is 223 Å². The molecule has 3 N–H and O–H groups in total. The van der Waals surface area contributed by atoms with Gasteiger partial charge in [-0.1, -0.05) is 47.8 Å². The summed E-state index contributed by atoms with van der Waals surface area (Å²) in [4.78, 5) is 17.6. The number of carbonyl (C=O) groups is 1. The molecule has 2 aromatic carbocycles. The van der Waals surface area contributed by atoms with Crippen molar-refractivity contribution in [3.63, 3.8) is 0 Å². The second-order valence-electron chi connectivity index (χ2n) is 9.04. The Balaban J connectivity index is 1.37. The molecule has 1 aliphatic heterocycles. The van der Waals surface area contributed by atoms with E-state index in [1.165, 1.54) is 12.7 Å². The number of nitrogens with one attached hydrogen (secondary N) is 1. The molecule has 35 heavy (non-hydrogen) atoms. The number of amides is 1. The fourth-order valence-electron chi connectivity index (χ4n) is 4.42. The van der Waals surface area contributed by atoms with Crippen LogP contribution in [0.2, 0.25) is 15.1 Å². The molecule has 0 saturated carbocycles. The maximum absolute atomic E-state index is 12.7. The Morgan fingerprint density at radius 2 is 1.89 bits per heavy atom. The van der Waals surface area contributed by atoms with Crippen molar-refractivity contribution < 1.29 is 9.53 Å². The van der Waals surface area contributed by atoms with Crippen molar-refractivity contribution in [3.05, 3.63) is 56.5 Å². The summed E-state index contributed by atoms with van der Waals surface area (Å²) in [7, 11) is 1.52. The molecule has 1 saturated heterocycles. The standard InChI is InChI=1S/C26H35Cl3N4O2/c1-3-32(17-19-5-6-21(27)22(28)13-19)9-4-10-33-11-7-18(8-12-33)16-31-26(34)20-14-23(29)24(30)15-25(20)35-2/h5-6,13-15,18H,3-4,7-12,16-17,30H2,1-2H3,(H,31,34). The molecule has 0 bridgehead atoms. The summed E-state index contributed by atoms with van der Waals surface area (Å²) in [5.41, 5.74) is 7.80. The van der Waals surface area contributed by atoms with Crippen molar-refractivity contribution >= 4 is 46.4 Å². The third kappa shape index (κ3) is 8.16. The molecule has 0 unspecified atom stereocenters. The molecule has 1 heterocycles. The molecular weight excluding hydrogens is 507 g/mol. The van der Waals surface area contributed by atoms with E-state index in [1.54, 1.807) is 12.1 Å². The van der Waals surface area contributed by atoms with Gasteiger partial charge in [-0.2, -0.15) is 0 Å². The molecule has 0 spiro atoms. The number of benzene rings is 2. The third-order valence-corrected chi connectivity index (χ3v) is 7.67. The lowest BCUT2D eigenvalue weighted by atomic mass is 9.96. The summed E-state index contributed by atoms with van der Waals surface area (Å²) in [6, 6.07) is 9.00. The first kappa shape index (κ1) is 27.9. The predicted octanol–water partition coefficient (Wildman–Crippen LogP) is 5.59. The minimum atomic E-state index is -0.187. The molecule has 1 amide bonds. The van der Waals surface area contributed by atoms with Gasteiger partial charge in [-0.05, 0) is 81.7 Å². The van der Waals surface area contributed by atoms with Gasteiger partial charge in [0.15, 0.2) is 0 Å². The highest BCUT2D eigenvalue weighted by Crippen LogP contribution is 2.29. The smallest absolute Gasteiger partial charge is 0.255 e. The number of methoxy groups -OCH3 is 1. The second-order valence-corrected chi connectivity index (χ2v) is 10.3. The lowest BCUT2D eigenvalue weighted by Crippen LogP contribution is -2.39. The van der Waals surface area contributed by atoms with Crippen LogP contribution in [0.25, 0.3) is 0 Å². The Morgan fingerprint density at radius 1 is 1.14 bits per heavy atom. The van der Waals surface area contributed by atoms with E-state index in [0.29, 0.717) is 44.5 Å². The number of nitrogen functional groups attached to an aromatic ring is 1. The van der Waals surface area contributed by atoms with Crippen LogP contribution in [-0.4, -0.2) is 62.1 Å². The predicted molar refractivity (Wildman–Crippen MR) is 146 cm³/mol. The minimum absolute atomic E-state index is 0.187. The largest absolute Gasteiger partial charge is 0.496 e. The molecular formula is C26H35Cl3N4O2. The van der Waals surface area contributed by atoms with Crippen LogP contribution in [0, 0.1) is 5.92 Å². The van der Waals surface area contributed by atoms with Gasteiger partial charge < -0.3 is 20.7 Å². The molecule has 192 valence electrons. The van der Waals surface area contributed by atoms with Crippen molar-refractivity contribution in [2.75, 3.05) is 52.1 Å². The number of carbonyl (C=O) groups excluding carboxylic acids is 1. The van der Waals surface area contributed by atoms with Crippen LogP contribution in [0.3, 0.4) is 0 Å². The van der Waals surface area contributed by atoms with Crippen molar-refractivity contribution in [1.82, 2.24) is 15.1 Å². The van der Waals surface area contributed by atoms with Gasteiger partial charge in [0.1, 0.15) is 5.75 Å². The van der Waals surface area contributed by atoms with Gasteiger partial charge in [0, 0.05) is 19.2 Å². The molecule has 9 heteroatoms. The van der Waals surface area contributed by atoms with E-state index in [9.17, 15) is 4.79 Å². The Bertz CT molecular complexity index is 997. The van der Waals surface area contributed by atoms with Crippen LogP contribution in [0.4, 0.5) is 5.69 Å². The molecule has 1 aliphatic rings. The van der Waals surface area contributed by atoms with Crippen molar-refractivity contribution in [1.29, 1.82) is 0 Å². The quantitative estimate of drug-likeness (QED) is 0.363. The maximum Gasteiger partial charge on any atom is 0.255 e. The van der Waals surface area contributed by atoms with E-state index < -0.39 is 0 Å². The number of halogens is 3. The van der Waals surface area contributed by atoms with Gasteiger partial charge in [-0.15, -0.1) is 0 Å². The first-order valence-corrected chi connectivity index (χ1v) is 13.2. The molecule has 0 radical (unpaired) electrons. The van der Waals surface area contributed by atoms with Gasteiger partial charge in [-0.25, -0.2) is 0 Å². The Morgan fingerprint density at radius 3 is 2.54 bits per heavy atom. The summed E-state index contributed by atoms with van der Waals surface area (Å²) in [6.45, 7) is 8.92. The van der Waals surface area contributed by atoms with Gasteiger partial charge in [0.2, 0.25) is 0 Å². The number of hydrogen-bond acceptors (Lipinski definition) is 5. The summed E-state index contributed by atoms with van der Waals surface area (Å²) >= 11 is 18.3. The Hall–Kier alpha value is -1.70. The number of piperidine rings is 1. The summed E-state index contributed by atoms with van der Waals surface area (Å²) in [6.07, 6.45) is 3.26. The SMILES string of the molecule is CCN(CCCN1CCC(CNC(=O)c2cc(Cl)c(N)cc2OC)CC1)Cc1ccc(Cl)c(Cl)c1. The summed E-state index contributed by atoms with van der Waals surface area (Å²) in [5.74, 6) is 0.708. The molecule has 0 aliphatic carbocycles. The van der Waals surface area contributed by atoms with Crippen molar-refractivity contribution in [2.45, 2.75) is 32.7 Å². The van der Waals surface area contributed by atoms with E-state index >= 15 is 0 Å². The van der Waals surface area contributed by atoms with E-state index in [-0.39, 0.29) is 5.91 Å². The van der Waals surface area contributed by atoms with Gasteiger partial charge in [0.25, 0.3) is 5.91 Å².